The first-order chi connectivity index (χ1) is 14.0. The fourth-order valence-corrected chi connectivity index (χ4v) is 3.35. The van der Waals surface area contributed by atoms with Gasteiger partial charge in [0.1, 0.15) is 0 Å². The number of rotatable bonds is 6. The fourth-order valence-electron chi connectivity index (χ4n) is 3.35. The van der Waals surface area contributed by atoms with E-state index in [0.29, 0.717) is 36.9 Å². The molecule has 150 valence electrons. The maximum Gasteiger partial charge on any atom is 0.246 e. The summed E-state index contributed by atoms with van der Waals surface area (Å²) in [5.74, 6) is 0.414. The predicted molar refractivity (Wildman–Crippen MR) is 109 cm³/mol. The van der Waals surface area contributed by atoms with E-state index < -0.39 is 5.92 Å². The fraction of sp³-hybridized carbons (Fsp3) is 0.381. The van der Waals surface area contributed by atoms with Crippen molar-refractivity contribution in [3.63, 3.8) is 0 Å². The molecule has 0 aromatic carbocycles. The predicted octanol–water partition coefficient (Wildman–Crippen LogP) is 2.62. The van der Waals surface area contributed by atoms with Crippen molar-refractivity contribution in [1.29, 1.82) is 0 Å². The highest BCUT2D eigenvalue weighted by molar-refractivity contribution is 5.94. The van der Waals surface area contributed by atoms with Crippen molar-refractivity contribution in [1.82, 2.24) is 25.3 Å². The van der Waals surface area contributed by atoms with Crippen molar-refractivity contribution < 1.29 is 9.59 Å². The summed E-state index contributed by atoms with van der Waals surface area (Å²) >= 11 is 0. The lowest BCUT2D eigenvalue weighted by Crippen LogP contribution is -2.33. The number of hydrogen-bond acceptors (Lipinski definition) is 5. The van der Waals surface area contributed by atoms with Gasteiger partial charge in [-0.1, -0.05) is 12.7 Å². The van der Waals surface area contributed by atoms with E-state index in [0.717, 1.165) is 17.0 Å². The Labute approximate surface area is 169 Å². The van der Waals surface area contributed by atoms with Crippen molar-refractivity contribution in [3.05, 3.63) is 54.0 Å². The van der Waals surface area contributed by atoms with Crippen LogP contribution in [-0.4, -0.2) is 50.2 Å². The molecular formula is C21H24N6O2. The highest BCUT2D eigenvalue weighted by atomic mass is 16.2. The molecule has 8 nitrogen and oxygen atoms in total. The van der Waals surface area contributed by atoms with E-state index in [1.54, 1.807) is 11.8 Å². The van der Waals surface area contributed by atoms with Gasteiger partial charge in [0, 0.05) is 30.8 Å². The SMILES string of the molecule is C=CC(=O)N1CC=C(c2ccc(C(C)C(=O)Nc3cc(C4CC4)[nH]n3)nn2)CC1. The molecule has 1 atom stereocenters. The molecule has 2 aromatic rings. The number of nitrogens with zero attached hydrogens (tertiary/aromatic N) is 4. The minimum atomic E-state index is -0.446. The molecular weight excluding hydrogens is 368 g/mol. The van der Waals surface area contributed by atoms with E-state index in [9.17, 15) is 9.59 Å². The van der Waals surface area contributed by atoms with Gasteiger partial charge in [-0.2, -0.15) is 15.3 Å². The van der Waals surface area contributed by atoms with Gasteiger partial charge in [0.15, 0.2) is 5.82 Å². The Kier molecular flexibility index (Phi) is 5.24. The number of hydrogen-bond donors (Lipinski definition) is 2. The second kappa shape index (κ2) is 7.98. The quantitative estimate of drug-likeness (QED) is 0.736. The molecule has 2 aliphatic rings. The van der Waals surface area contributed by atoms with Gasteiger partial charge >= 0.3 is 0 Å². The van der Waals surface area contributed by atoms with Crippen LogP contribution in [0.1, 0.15) is 55.1 Å². The second-order valence-corrected chi connectivity index (χ2v) is 7.50. The first-order valence-corrected chi connectivity index (χ1v) is 9.85. The van der Waals surface area contributed by atoms with Crippen LogP contribution in [0.15, 0.2) is 36.9 Å². The molecule has 3 heterocycles. The summed E-state index contributed by atoms with van der Waals surface area (Å²) in [4.78, 5) is 25.9. The number of H-pyrrole nitrogens is 1. The third-order valence-electron chi connectivity index (χ3n) is 5.41. The summed E-state index contributed by atoms with van der Waals surface area (Å²) in [6.07, 6.45) is 6.38. The average Bonchev–Trinajstić information content (AvgIpc) is 3.52. The number of carbonyl (C=O) groups excluding carboxylic acids is 2. The van der Waals surface area contributed by atoms with E-state index in [-0.39, 0.29) is 11.8 Å². The summed E-state index contributed by atoms with van der Waals surface area (Å²) in [6.45, 7) is 6.48. The maximum absolute atomic E-state index is 12.5. The molecule has 8 heteroatoms. The Morgan fingerprint density at radius 2 is 2.17 bits per heavy atom. The van der Waals surface area contributed by atoms with Crippen LogP contribution in [0.5, 0.6) is 0 Å². The number of carbonyl (C=O) groups is 2. The van der Waals surface area contributed by atoms with Crippen LogP contribution >= 0.6 is 0 Å². The lowest BCUT2D eigenvalue weighted by Gasteiger charge is -2.25. The van der Waals surface area contributed by atoms with Crippen LogP contribution in [0, 0.1) is 0 Å². The monoisotopic (exact) mass is 392 g/mol. The number of aromatic nitrogens is 4. The summed E-state index contributed by atoms with van der Waals surface area (Å²) in [5, 5.41) is 18.5. The molecule has 1 fully saturated rings. The molecule has 1 aliphatic heterocycles. The maximum atomic E-state index is 12.5. The first-order valence-electron chi connectivity index (χ1n) is 9.85. The van der Waals surface area contributed by atoms with Gasteiger partial charge in [0.2, 0.25) is 11.8 Å². The van der Waals surface area contributed by atoms with E-state index in [2.05, 4.69) is 32.3 Å². The summed E-state index contributed by atoms with van der Waals surface area (Å²) in [6, 6.07) is 5.60. The molecule has 29 heavy (non-hydrogen) atoms. The lowest BCUT2D eigenvalue weighted by molar-refractivity contribution is -0.125. The van der Waals surface area contributed by atoms with Crippen molar-refractivity contribution >= 4 is 23.2 Å². The summed E-state index contributed by atoms with van der Waals surface area (Å²) < 4.78 is 0. The molecule has 0 bridgehead atoms. The van der Waals surface area contributed by atoms with Gasteiger partial charge in [-0.15, -0.1) is 0 Å². The minimum Gasteiger partial charge on any atom is -0.335 e. The second-order valence-electron chi connectivity index (χ2n) is 7.50. The molecule has 0 spiro atoms. The van der Waals surface area contributed by atoms with Gasteiger partial charge in [0.25, 0.3) is 0 Å². The number of aromatic amines is 1. The summed E-state index contributed by atoms with van der Waals surface area (Å²) in [7, 11) is 0. The zero-order valence-electron chi connectivity index (χ0n) is 16.4. The lowest BCUT2D eigenvalue weighted by atomic mass is 10.0. The Morgan fingerprint density at radius 1 is 1.34 bits per heavy atom. The minimum absolute atomic E-state index is 0.0669. The van der Waals surface area contributed by atoms with Gasteiger partial charge in [-0.3, -0.25) is 14.7 Å². The van der Waals surface area contributed by atoms with Gasteiger partial charge < -0.3 is 10.2 Å². The molecule has 1 aliphatic carbocycles. The Bertz CT molecular complexity index is 958. The Morgan fingerprint density at radius 3 is 2.79 bits per heavy atom. The van der Waals surface area contributed by atoms with Crippen molar-refractivity contribution in [3.8, 4) is 0 Å². The highest BCUT2D eigenvalue weighted by Crippen LogP contribution is 2.39. The number of amides is 2. The van der Waals surface area contributed by atoms with E-state index in [4.69, 9.17) is 0 Å². The van der Waals surface area contributed by atoms with Crippen LogP contribution in [0.4, 0.5) is 5.82 Å². The van der Waals surface area contributed by atoms with Crippen molar-refractivity contribution in [2.24, 2.45) is 0 Å². The topological polar surface area (TPSA) is 104 Å². The van der Waals surface area contributed by atoms with Crippen LogP contribution in [0.25, 0.3) is 5.57 Å². The van der Waals surface area contributed by atoms with E-state index in [1.165, 1.54) is 18.9 Å². The normalized spacial score (nSPS) is 17.4. The average molecular weight is 392 g/mol. The number of nitrogens with one attached hydrogen (secondary N) is 2. The molecule has 2 amide bonds. The zero-order valence-corrected chi connectivity index (χ0v) is 16.4. The standard InChI is InChI=1S/C21H24N6O2/c1-3-20(28)27-10-8-15(9-11-27)17-7-6-16(23-24-17)13(2)21(29)22-19-12-18(25-26-19)14-4-5-14/h3,6-8,12-14H,1,4-5,9-11H2,2H3,(H2,22,25,26,29). The summed E-state index contributed by atoms with van der Waals surface area (Å²) in [5.41, 5.74) is 3.50. The van der Waals surface area contributed by atoms with Crippen LogP contribution in [-0.2, 0) is 9.59 Å². The third-order valence-corrected chi connectivity index (χ3v) is 5.41. The molecule has 1 saturated carbocycles. The molecule has 0 radical (unpaired) electrons. The molecule has 2 aromatic heterocycles. The Hall–Kier alpha value is -3.29. The smallest absolute Gasteiger partial charge is 0.246 e. The first kappa shape index (κ1) is 19.0. The van der Waals surface area contributed by atoms with Crippen molar-refractivity contribution in [2.45, 2.75) is 38.0 Å². The van der Waals surface area contributed by atoms with E-state index in [1.807, 2.05) is 24.3 Å². The highest BCUT2D eigenvalue weighted by Gasteiger charge is 2.26. The molecule has 1 unspecified atom stereocenters. The number of anilines is 1. The zero-order chi connectivity index (χ0) is 20.4. The Balaban J connectivity index is 1.37. The van der Waals surface area contributed by atoms with Gasteiger partial charge in [-0.05, 0) is 50.0 Å². The van der Waals surface area contributed by atoms with Crippen molar-refractivity contribution in [2.75, 3.05) is 18.4 Å². The van der Waals surface area contributed by atoms with Crippen LogP contribution < -0.4 is 5.32 Å². The molecule has 4 rings (SSSR count). The molecule has 0 saturated heterocycles. The largest absolute Gasteiger partial charge is 0.335 e. The third kappa shape index (κ3) is 4.26. The van der Waals surface area contributed by atoms with Gasteiger partial charge in [0.05, 0.1) is 17.3 Å². The van der Waals surface area contributed by atoms with E-state index >= 15 is 0 Å². The van der Waals surface area contributed by atoms with Crippen LogP contribution in [0.2, 0.25) is 0 Å². The van der Waals surface area contributed by atoms with Crippen LogP contribution in [0.3, 0.4) is 0 Å². The van der Waals surface area contributed by atoms with Gasteiger partial charge in [-0.25, -0.2) is 0 Å². The molecule has 2 N–H and O–H groups in total.